The molecular formula is C14H17ClO2S. The number of thiophene rings is 1. The number of Topliss-reactive ketones (excluding diaryl/α,β-unsaturated/α-hetero) is 1. The van der Waals surface area contributed by atoms with Gasteiger partial charge in [0.05, 0.1) is 15.5 Å². The molecular weight excluding hydrogens is 268 g/mol. The Labute approximate surface area is 116 Å². The summed E-state index contributed by atoms with van der Waals surface area (Å²) in [5.41, 5.74) is 0.00229. The molecule has 1 spiro atoms. The fraction of sp³-hybridized carbons (Fsp3) is 0.643. The highest BCUT2D eigenvalue weighted by Crippen LogP contribution is 2.43. The van der Waals surface area contributed by atoms with Crippen molar-refractivity contribution in [2.75, 3.05) is 6.61 Å². The number of ketones is 1. The summed E-state index contributed by atoms with van der Waals surface area (Å²) in [7, 11) is 0. The van der Waals surface area contributed by atoms with E-state index in [0.29, 0.717) is 5.02 Å². The van der Waals surface area contributed by atoms with Crippen molar-refractivity contribution in [1.82, 2.24) is 0 Å². The Bertz CT molecular complexity index is 448. The maximum absolute atomic E-state index is 12.5. The molecule has 2 aliphatic rings. The predicted octanol–water partition coefficient (Wildman–Crippen LogP) is 4.32. The van der Waals surface area contributed by atoms with Crippen molar-refractivity contribution in [2.45, 2.75) is 44.1 Å². The summed E-state index contributed by atoms with van der Waals surface area (Å²) < 4.78 is 5.97. The lowest BCUT2D eigenvalue weighted by molar-refractivity contribution is -0.0865. The topological polar surface area (TPSA) is 26.3 Å². The molecule has 1 aliphatic carbocycles. The first kappa shape index (κ1) is 12.6. The van der Waals surface area contributed by atoms with Gasteiger partial charge in [-0.1, -0.05) is 24.4 Å². The first-order valence-corrected chi connectivity index (χ1v) is 7.87. The highest BCUT2D eigenvalue weighted by molar-refractivity contribution is 7.12. The van der Waals surface area contributed by atoms with Crippen molar-refractivity contribution in [3.63, 3.8) is 0 Å². The number of rotatable bonds is 2. The number of carbonyl (C=O) groups excluding carboxylic acids is 1. The summed E-state index contributed by atoms with van der Waals surface area (Å²) >= 11 is 7.52. The maximum Gasteiger partial charge on any atom is 0.177 e. The first-order valence-electron chi connectivity index (χ1n) is 6.61. The number of halogens is 1. The molecule has 0 N–H and O–H groups in total. The fourth-order valence-electron chi connectivity index (χ4n) is 3.27. The van der Waals surface area contributed by atoms with Crippen molar-refractivity contribution in [2.24, 2.45) is 5.92 Å². The van der Waals surface area contributed by atoms with E-state index in [2.05, 4.69) is 0 Å². The van der Waals surface area contributed by atoms with Crippen LogP contribution in [0.1, 0.15) is 48.2 Å². The van der Waals surface area contributed by atoms with Crippen molar-refractivity contribution in [3.05, 3.63) is 21.3 Å². The zero-order valence-electron chi connectivity index (χ0n) is 10.3. The number of carbonyl (C=O) groups is 1. The molecule has 1 saturated carbocycles. The van der Waals surface area contributed by atoms with E-state index in [1.165, 1.54) is 24.2 Å². The van der Waals surface area contributed by atoms with Gasteiger partial charge in [-0.25, -0.2) is 0 Å². The largest absolute Gasteiger partial charge is 0.375 e. The lowest BCUT2D eigenvalue weighted by Gasteiger charge is -2.37. The highest BCUT2D eigenvalue weighted by atomic mass is 35.5. The molecule has 4 heteroatoms. The molecule has 0 aromatic carbocycles. The molecule has 2 heterocycles. The van der Waals surface area contributed by atoms with Crippen LogP contribution in [0.25, 0.3) is 0 Å². The van der Waals surface area contributed by atoms with Crippen LogP contribution in [0.3, 0.4) is 0 Å². The van der Waals surface area contributed by atoms with Crippen LogP contribution in [0, 0.1) is 5.92 Å². The smallest absolute Gasteiger partial charge is 0.177 e. The molecule has 2 fully saturated rings. The van der Waals surface area contributed by atoms with Gasteiger partial charge in [-0.3, -0.25) is 4.79 Å². The van der Waals surface area contributed by atoms with Gasteiger partial charge in [-0.05, 0) is 37.1 Å². The van der Waals surface area contributed by atoms with Crippen molar-refractivity contribution in [3.8, 4) is 0 Å². The molecule has 1 saturated heterocycles. The van der Waals surface area contributed by atoms with Crippen LogP contribution >= 0.6 is 22.9 Å². The molecule has 0 bridgehead atoms. The molecule has 1 aromatic heterocycles. The summed E-state index contributed by atoms with van der Waals surface area (Å²) in [6.07, 6.45) is 6.44. The average Bonchev–Trinajstić information content (AvgIpc) is 2.98. The van der Waals surface area contributed by atoms with Crippen LogP contribution in [0.5, 0.6) is 0 Å². The Morgan fingerprint density at radius 2 is 2.22 bits per heavy atom. The van der Waals surface area contributed by atoms with E-state index in [1.54, 1.807) is 0 Å². The van der Waals surface area contributed by atoms with Crippen LogP contribution in [0.4, 0.5) is 0 Å². The Balaban J connectivity index is 1.76. The van der Waals surface area contributed by atoms with Crippen molar-refractivity contribution < 1.29 is 9.53 Å². The molecule has 1 atom stereocenters. The molecule has 1 aromatic rings. The SMILES string of the molecule is O=C(c1sccc1Cl)C1CCOC2(CCCC2)C1. The molecule has 1 unspecified atom stereocenters. The third-order valence-corrected chi connectivity index (χ3v) is 5.58. The zero-order valence-corrected chi connectivity index (χ0v) is 11.9. The first-order chi connectivity index (χ1) is 8.70. The minimum atomic E-state index is 0.00229. The normalized spacial score (nSPS) is 26.6. The Morgan fingerprint density at radius 1 is 1.44 bits per heavy atom. The summed E-state index contributed by atoms with van der Waals surface area (Å²) in [4.78, 5) is 13.2. The molecule has 1 aliphatic heterocycles. The standard InChI is InChI=1S/C14H17ClO2S/c15-11-4-8-18-13(11)12(16)10-3-7-17-14(9-10)5-1-2-6-14/h4,8,10H,1-3,5-7,9H2. The second-order valence-corrected chi connectivity index (χ2v) is 6.71. The van der Waals surface area contributed by atoms with Gasteiger partial charge in [0.1, 0.15) is 0 Å². The van der Waals surface area contributed by atoms with E-state index >= 15 is 0 Å². The maximum atomic E-state index is 12.5. The molecule has 18 heavy (non-hydrogen) atoms. The van der Waals surface area contributed by atoms with Gasteiger partial charge in [-0.2, -0.15) is 0 Å². The lowest BCUT2D eigenvalue weighted by Crippen LogP contribution is -2.39. The van der Waals surface area contributed by atoms with Gasteiger partial charge in [0.25, 0.3) is 0 Å². The molecule has 0 amide bonds. The van der Waals surface area contributed by atoms with Crippen LogP contribution in [-0.2, 0) is 4.74 Å². The van der Waals surface area contributed by atoms with Gasteiger partial charge in [0, 0.05) is 12.5 Å². The summed E-state index contributed by atoms with van der Waals surface area (Å²) in [6, 6.07) is 1.81. The Kier molecular flexibility index (Phi) is 3.48. The van der Waals surface area contributed by atoms with Gasteiger partial charge in [-0.15, -0.1) is 11.3 Å². The summed E-state index contributed by atoms with van der Waals surface area (Å²) in [5, 5.41) is 2.50. The number of ether oxygens (including phenoxy) is 1. The van der Waals surface area contributed by atoms with Crippen LogP contribution in [-0.4, -0.2) is 18.0 Å². The van der Waals surface area contributed by atoms with E-state index in [0.717, 1.165) is 37.2 Å². The zero-order chi connectivity index (χ0) is 12.6. The van der Waals surface area contributed by atoms with Gasteiger partial charge >= 0.3 is 0 Å². The van der Waals surface area contributed by atoms with Gasteiger partial charge in [0.2, 0.25) is 0 Å². The predicted molar refractivity (Wildman–Crippen MR) is 73.5 cm³/mol. The van der Waals surface area contributed by atoms with Gasteiger partial charge in [0.15, 0.2) is 5.78 Å². The van der Waals surface area contributed by atoms with Crippen LogP contribution in [0.2, 0.25) is 5.02 Å². The highest BCUT2D eigenvalue weighted by Gasteiger charge is 2.42. The number of hydrogen-bond donors (Lipinski definition) is 0. The molecule has 3 rings (SSSR count). The van der Waals surface area contributed by atoms with E-state index in [9.17, 15) is 4.79 Å². The van der Waals surface area contributed by atoms with E-state index in [4.69, 9.17) is 16.3 Å². The second-order valence-electron chi connectivity index (χ2n) is 5.39. The molecule has 2 nitrogen and oxygen atoms in total. The molecule has 0 radical (unpaired) electrons. The van der Waals surface area contributed by atoms with E-state index in [1.807, 2.05) is 11.4 Å². The Morgan fingerprint density at radius 3 is 2.89 bits per heavy atom. The third-order valence-electron chi connectivity index (χ3n) is 4.22. The summed E-state index contributed by atoms with van der Waals surface area (Å²) in [6.45, 7) is 0.722. The minimum Gasteiger partial charge on any atom is -0.375 e. The van der Waals surface area contributed by atoms with Crippen LogP contribution < -0.4 is 0 Å². The Hall–Kier alpha value is -0.380. The van der Waals surface area contributed by atoms with E-state index < -0.39 is 0 Å². The van der Waals surface area contributed by atoms with Crippen molar-refractivity contribution >= 4 is 28.7 Å². The lowest BCUT2D eigenvalue weighted by atomic mass is 9.82. The minimum absolute atomic E-state index is 0.00229. The van der Waals surface area contributed by atoms with Crippen molar-refractivity contribution in [1.29, 1.82) is 0 Å². The average molecular weight is 285 g/mol. The van der Waals surface area contributed by atoms with Crippen LogP contribution in [0.15, 0.2) is 11.4 Å². The fourth-order valence-corrected chi connectivity index (χ4v) is 4.44. The summed E-state index contributed by atoms with van der Waals surface area (Å²) in [5.74, 6) is 0.331. The third kappa shape index (κ3) is 2.24. The van der Waals surface area contributed by atoms with Gasteiger partial charge < -0.3 is 4.74 Å². The quantitative estimate of drug-likeness (QED) is 0.756. The second kappa shape index (κ2) is 4.95. The number of hydrogen-bond acceptors (Lipinski definition) is 3. The van der Waals surface area contributed by atoms with E-state index in [-0.39, 0.29) is 17.3 Å². The monoisotopic (exact) mass is 284 g/mol. The molecule has 98 valence electrons.